The van der Waals surface area contributed by atoms with Crippen molar-refractivity contribution >= 4 is 22.5 Å². The molecular formula is C68H91NO13Si2. The number of unbranched alkanes of at least 4 members (excludes halogenated alkanes) is 9. The van der Waals surface area contributed by atoms with E-state index in [-0.39, 0.29) is 16.7 Å². The highest BCUT2D eigenvalue weighted by Crippen LogP contribution is 2.45. The Morgan fingerprint density at radius 2 is 1.00 bits per heavy atom. The van der Waals surface area contributed by atoms with Gasteiger partial charge < -0.3 is 63.0 Å². The average molecular weight is 1190 g/mol. The predicted octanol–water partition coefficient (Wildman–Crippen LogP) is 7.48. The van der Waals surface area contributed by atoms with E-state index in [4.69, 9.17) is 37.3 Å². The lowest BCUT2D eigenvalue weighted by Gasteiger charge is -2.47. The first kappa shape index (κ1) is 72.8. The molecule has 0 aromatic rings. The van der Waals surface area contributed by atoms with Gasteiger partial charge in [0.05, 0.1) is 31.5 Å². The SMILES string of the molecule is CC#CC#CC#CC#CC#CC#CC#CC#CC#CC#CC#C[C@H]1OC(C)(C)O[C@H]1C(=O)N[C@@H](COC1OC(CO)C(O)C(O)C1O)[C@@H]1OC(C)(C)O[C@@H]1[C@@H](O[Si](C)(C)C(C)(C)C)[C@H](CCCCCCCCCCCC)O[Si](C)(C)C(C)(C)C. The van der Waals surface area contributed by atoms with Gasteiger partial charge in [-0.15, -0.1) is 0 Å². The van der Waals surface area contributed by atoms with Crippen molar-refractivity contribution < 1.29 is 62.5 Å². The van der Waals surface area contributed by atoms with Gasteiger partial charge in [0.15, 0.2) is 46.7 Å². The zero-order valence-corrected chi connectivity index (χ0v) is 54.6. The molecule has 84 heavy (non-hydrogen) atoms. The monoisotopic (exact) mass is 1190 g/mol. The van der Waals surface area contributed by atoms with Gasteiger partial charge >= 0.3 is 0 Å². The first-order valence-corrected chi connectivity index (χ1v) is 35.0. The fourth-order valence-electron chi connectivity index (χ4n) is 8.61. The van der Waals surface area contributed by atoms with Crippen LogP contribution in [0.4, 0.5) is 0 Å². The molecule has 3 rings (SSSR count). The van der Waals surface area contributed by atoms with Crippen molar-refractivity contribution in [3.05, 3.63) is 0 Å². The second kappa shape index (κ2) is 35.3. The van der Waals surface area contributed by atoms with Crippen LogP contribution in [0.5, 0.6) is 0 Å². The summed E-state index contributed by atoms with van der Waals surface area (Å²) in [6, 6.07) is -1.10. The summed E-state index contributed by atoms with van der Waals surface area (Å²) in [5, 5.41) is 45.4. The van der Waals surface area contributed by atoms with Crippen molar-refractivity contribution in [3.8, 4) is 130 Å². The maximum atomic E-state index is 14.9. The molecule has 0 bridgehead atoms. The molecule has 454 valence electrons. The van der Waals surface area contributed by atoms with E-state index in [2.05, 4.69) is 210 Å². The molecule has 16 heteroatoms. The number of hydrogen-bond donors (Lipinski definition) is 5. The molecule has 3 aliphatic rings. The van der Waals surface area contributed by atoms with Crippen LogP contribution in [0.2, 0.25) is 36.3 Å². The number of aliphatic hydroxyl groups excluding tert-OH is 4. The number of rotatable bonds is 24. The maximum Gasteiger partial charge on any atom is 0.253 e. The third-order valence-electron chi connectivity index (χ3n) is 15.1. The first-order chi connectivity index (χ1) is 39.5. The van der Waals surface area contributed by atoms with Crippen molar-refractivity contribution in [1.29, 1.82) is 0 Å². The highest BCUT2D eigenvalue weighted by molar-refractivity contribution is 6.74. The van der Waals surface area contributed by atoms with Gasteiger partial charge in [0.25, 0.3) is 5.91 Å². The molecule has 0 radical (unpaired) electrons. The van der Waals surface area contributed by atoms with Crippen LogP contribution >= 0.6 is 0 Å². The summed E-state index contributed by atoms with van der Waals surface area (Å²) in [5.74, 6) is 53.7. The van der Waals surface area contributed by atoms with Crippen LogP contribution in [0.15, 0.2) is 0 Å². The summed E-state index contributed by atoms with van der Waals surface area (Å²) >= 11 is 0. The Hall–Kier alpha value is -5.42. The Balaban J connectivity index is 2.05. The number of nitrogens with one attached hydrogen (secondary N) is 1. The fourth-order valence-corrected chi connectivity index (χ4v) is 11.3. The van der Waals surface area contributed by atoms with Crippen molar-refractivity contribution in [1.82, 2.24) is 5.32 Å². The summed E-state index contributed by atoms with van der Waals surface area (Å²) in [5.41, 5.74) is 0. The normalized spacial score (nSPS) is 23.9. The summed E-state index contributed by atoms with van der Waals surface area (Å²) in [7, 11) is -5.17. The molecule has 0 aliphatic carbocycles. The van der Waals surface area contributed by atoms with Gasteiger partial charge in [-0.3, -0.25) is 4.79 Å². The molecule has 5 N–H and O–H groups in total. The van der Waals surface area contributed by atoms with Crippen LogP contribution < -0.4 is 5.32 Å². The smallest absolute Gasteiger partial charge is 0.253 e. The minimum Gasteiger partial charge on any atom is -0.411 e. The molecular weight excluding hydrogens is 1090 g/mol. The van der Waals surface area contributed by atoms with Crippen LogP contribution in [0.1, 0.15) is 154 Å². The molecule has 1 amide bonds. The van der Waals surface area contributed by atoms with Gasteiger partial charge in [0.1, 0.15) is 36.6 Å². The van der Waals surface area contributed by atoms with Gasteiger partial charge in [0, 0.05) is 23.7 Å². The standard InChI is InChI=1S/C68H91NO13Si2/c1-17-19-21-23-25-27-29-30-31-32-33-34-35-36-37-38-39-41-42-44-46-48-53-61(79-67(9,10)77-53)63(74)69-52(51-75-64-58(73)57(72)56(71)55(50-70)76-64)59-62(80-68(11,12)78-59)60(82-84(15,16)66(6,7)8)54(81-83(13,14)65(3,4)5)49-47-45-43-40-28-26-24-22-20-18-2/h52-62,64,70-73H,18,20,22,24,26,28,40,43,45,47,49-51H2,1-16H3,(H,69,74)/t52-,53+,54-,55?,56?,57?,58?,59-,60-,61+,62-,64?/m0/s1. The minimum atomic E-state index is -2.66. The molecule has 0 spiro atoms. The van der Waals surface area contributed by atoms with Crippen molar-refractivity contribution in [2.24, 2.45) is 0 Å². The number of amides is 1. The third-order valence-corrected chi connectivity index (χ3v) is 24.1. The minimum absolute atomic E-state index is 0.157. The Morgan fingerprint density at radius 3 is 1.46 bits per heavy atom. The molecule has 0 aromatic heterocycles. The van der Waals surface area contributed by atoms with Crippen LogP contribution in [0.3, 0.4) is 0 Å². The molecule has 3 heterocycles. The summed E-state index contributed by atoms with van der Waals surface area (Å²) < 4.78 is 53.4. The van der Waals surface area contributed by atoms with E-state index in [1.165, 1.54) is 44.9 Å². The predicted molar refractivity (Wildman–Crippen MR) is 331 cm³/mol. The van der Waals surface area contributed by atoms with E-state index < -0.39 is 114 Å². The van der Waals surface area contributed by atoms with E-state index >= 15 is 0 Å². The van der Waals surface area contributed by atoms with E-state index in [9.17, 15) is 25.2 Å². The largest absolute Gasteiger partial charge is 0.411 e. The van der Waals surface area contributed by atoms with Gasteiger partial charge in [-0.1, -0.05) is 125 Å². The van der Waals surface area contributed by atoms with Gasteiger partial charge in [-0.2, -0.15) is 0 Å². The summed E-state index contributed by atoms with van der Waals surface area (Å²) in [6.45, 7) is 31.8. The Kier molecular flexibility index (Phi) is 30.6. The topological polar surface area (TPSA) is 184 Å². The van der Waals surface area contributed by atoms with Crippen molar-refractivity contribution in [2.45, 2.75) is 275 Å². The molecule has 3 saturated heterocycles. The molecule has 3 fully saturated rings. The number of aliphatic hydroxyl groups is 4. The number of carbonyl (C=O) groups excluding carboxylic acids is 1. The van der Waals surface area contributed by atoms with Crippen molar-refractivity contribution in [3.63, 3.8) is 0 Å². The molecule has 14 nitrogen and oxygen atoms in total. The first-order valence-electron chi connectivity index (χ1n) is 29.2. The lowest BCUT2D eigenvalue weighted by Crippen LogP contribution is -2.62. The van der Waals surface area contributed by atoms with Crippen LogP contribution in [-0.2, 0) is 42.1 Å². The average Bonchev–Trinajstić information content (AvgIpc) is 1.78. The van der Waals surface area contributed by atoms with Crippen molar-refractivity contribution in [2.75, 3.05) is 13.2 Å². The van der Waals surface area contributed by atoms with E-state index in [1.807, 2.05) is 0 Å². The Morgan fingerprint density at radius 1 is 0.571 bits per heavy atom. The van der Waals surface area contributed by atoms with Crippen LogP contribution in [-0.4, -0.2) is 141 Å². The lowest BCUT2D eigenvalue weighted by molar-refractivity contribution is -0.303. The quantitative estimate of drug-likeness (QED) is 0.0365. The molecule has 5 unspecified atom stereocenters. The van der Waals surface area contributed by atoms with Gasteiger partial charge in [-0.25, -0.2) is 0 Å². The Bertz CT molecular complexity index is 2910. The highest BCUT2D eigenvalue weighted by atomic mass is 28.4. The van der Waals surface area contributed by atoms with E-state index in [0.29, 0.717) is 6.42 Å². The second-order valence-electron chi connectivity index (χ2n) is 24.8. The second-order valence-corrected chi connectivity index (χ2v) is 34.3. The van der Waals surface area contributed by atoms with Crippen LogP contribution in [0.25, 0.3) is 0 Å². The molecule has 12 atom stereocenters. The number of hydrogen-bond acceptors (Lipinski definition) is 13. The molecule has 0 saturated carbocycles. The summed E-state index contributed by atoms with van der Waals surface area (Å²) in [6.07, 6.45) is -0.912. The maximum absolute atomic E-state index is 14.9. The summed E-state index contributed by atoms with van der Waals surface area (Å²) in [4.78, 5) is 14.9. The zero-order chi connectivity index (χ0) is 62.6. The number of ether oxygens (including phenoxy) is 6. The highest BCUT2D eigenvalue weighted by Gasteiger charge is 2.56. The van der Waals surface area contributed by atoms with E-state index in [1.54, 1.807) is 34.6 Å². The fraction of sp³-hybridized carbons (Fsp3) is 0.662. The lowest BCUT2D eigenvalue weighted by atomic mass is 9.94. The zero-order valence-electron chi connectivity index (χ0n) is 52.6. The third kappa shape index (κ3) is 24.9. The van der Waals surface area contributed by atoms with Gasteiger partial charge in [0.2, 0.25) is 0 Å². The van der Waals surface area contributed by atoms with Gasteiger partial charge in [-0.05, 0) is 172 Å². The van der Waals surface area contributed by atoms with E-state index in [0.717, 1.165) is 19.3 Å². The Labute approximate surface area is 506 Å². The molecule has 0 aromatic carbocycles. The van der Waals surface area contributed by atoms with Crippen LogP contribution in [0, 0.1) is 130 Å². The molecule has 3 aliphatic heterocycles. The number of carbonyl (C=O) groups is 1.